The van der Waals surface area contributed by atoms with Crippen molar-refractivity contribution in [3.63, 3.8) is 0 Å². The van der Waals surface area contributed by atoms with Gasteiger partial charge in [-0.2, -0.15) is 0 Å². The van der Waals surface area contributed by atoms with Gasteiger partial charge < -0.3 is 5.73 Å². The van der Waals surface area contributed by atoms with Gasteiger partial charge in [0, 0.05) is 6.54 Å². The van der Waals surface area contributed by atoms with Crippen LogP contribution in [0.3, 0.4) is 0 Å². The molecule has 2 rings (SSSR count). The van der Waals surface area contributed by atoms with Gasteiger partial charge in [0.1, 0.15) is 0 Å². The highest BCUT2D eigenvalue weighted by Gasteiger charge is 2.36. The Morgan fingerprint density at radius 3 is 2.28 bits per heavy atom. The second kappa shape index (κ2) is 6.01. The molecular weight excluding hydrogens is 224 g/mol. The van der Waals surface area contributed by atoms with E-state index >= 15 is 0 Å². The minimum Gasteiger partial charge on any atom is -0.368 e. The fourth-order valence-electron chi connectivity index (χ4n) is 2.71. The average molecular weight is 246 g/mol. The molecule has 3 N–H and O–H groups in total. The lowest BCUT2D eigenvalue weighted by atomic mass is 9.89. The number of hydrogen-bond acceptors (Lipinski definition) is 2. The Kier molecular flexibility index (Phi) is 4.37. The third-order valence-electron chi connectivity index (χ3n) is 3.90. The lowest BCUT2D eigenvalue weighted by Crippen LogP contribution is -2.54. The van der Waals surface area contributed by atoms with Gasteiger partial charge in [-0.05, 0) is 18.4 Å². The van der Waals surface area contributed by atoms with Gasteiger partial charge in [0.25, 0.3) is 0 Å². The second-order valence-electron chi connectivity index (χ2n) is 5.20. The van der Waals surface area contributed by atoms with Crippen molar-refractivity contribution in [2.24, 2.45) is 5.73 Å². The zero-order chi connectivity index (χ0) is 12.8. The molecule has 0 atom stereocenters. The Labute approximate surface area is 109 Å². The van der Waals surface area contributed by atoms with E-state index in [1.54, 1.807) is 0 Å². The Morgan fingerprint density at radius 2 is 1.72 bits per heavy atom. The number of rotatable bonds is 4. The fourth-order valence-corrected chi connectivity index (χ4v) is 2.71. The van der Waals surface area contributed by atoms with E-state index in [1.807, 2.05) is 18.2 Å². The van der Waals surface area contributed by atoms with Crippen LogP contribution in [-0.2, 0) is 11.3 Å². The first-order valence-electron chi connectivity index (χ1n) is 6.82. The molecule has 0 unspecified atom stereocenters. The highest BCUT2D eigenvalue weighted by atomic mass is 16.1. The number of benzene rings is 1. The summed E-state index contributed by atoms with van der Waals surface area (Å²) in [5, 5.41) is 3.42. The molecule has 0 aliphatic heterocycles. The minimum atomic E-state index is -0.494. The summed E-state index contributed by atoms with van der Waals surface area (Å²) in [6, 6.07) is 10.2. The molecular formula is C15H22N2O. The lowest BCUT2D eigenvalue weighted by molar-refractivity contribution is -0.125. The van der Waals surface area contributed by atoms with Crippen molar-refractivity contribution in [2.75, 3.05) is 0 Å². The molecule has 1 aliphatic carbocycles. The maximum absolute atomic E-state index is 11.8. The van der Waals surface area contributed by atoms with E-state index in [2.05, 4.69) is 17.4 Å². The van der Waals surface area contributed by atoms with E-state index in [0.717, 1.165) is 25.7 Å². The largest absolute Gasteiger partial charge is 0.368 e. The summed E-state index contributed by atoms with van der Waals surface area (Å²) < 4.78 is 0. The topological polar surface area (TPSA) is 55.1 Å². The van der Waals surface area contributed by atoms with Crippen LogP contribution in [0.15, 0.2) is 30.3 Å². The van der Waals surface area contributed by atoms with Gasteiger partial charge in [-0.3, -0.25) is 10.1 Å². The van der Waals surface area contributed by atoms with Crippen molar-refractivity contribution in [1.29, 1.82) is 0 Å². The van der Waals surface area contributed by atoms with Gasteiger partial charge in [0.15, 0.2) is 0 Å². The van der Waals surface area contributed by atoms with Crippen LogP contribution >= 0.6 is 0 Å². The SMILES string of the molecule is NC(=O)C1(NCc2ccccc2)CCCCCC1. The molecule has 1 saturated carbocycles. The zero-order valence-corrected chi connectivity index (χ0v) is 10.8. The van der Waals surface area contributed by atoms with E-state index < -0.39 is 5.54 Å². The van der Waals surface area contributed by atoms with Crippen LogP contribution in [0, 0.1) is 0 Å². The van der Waals surface area contributed by atoms with E-state index in [1.165, 1.54) is 18.4 Å². The molecule has 3 nitrogen and oxygen atoms in total. The lowest BCUT2D eigenvalue weighted by Gasteiger charge is -2.30. The molecule has 0 bridgehead atoms. The molecule has 0 saturated heterocycles. The zero-order valence-electron chi connectivity index (χ0n) is 10.8. The van der Waals surface area contributed by atoms with Crippen molar-refractivity contribution in [3.8, 4) is 0 Å². The molecule has 0 spiro atoms. The third kappa shape index (κ3) is 3.10. The molecule has 0 heterocycles. The Balaban J connectivity index is 2.04. The molecule has 18 heavy (non-hydrogen) atoms. The van der Waals surface area contributed by atoms with Crippen LogP contribution in [0.2, 0.25) is 0 Å². The minimum absolute atomic E-state index is 0.194. The van der Waals surface area contributed by atoms with Crippen LogP contribution in [-0.4, -0.2) is 11.4 Å². The highest BCUT2D eigenvalue weighted by Crippen LogP contribution is 2.27. The fraction of sp³-hybridized carbons (Fsp3) is 0.533. The van der Waals surface area contributed by atoms with Crippen LogP contribution in [0.4, 0.5) is 0 Å². The molecule has 1 aliphatic rings. The Hall–Kier alpha value is -1.35. The average Bonchev–Trinajstić information content (AvgIpc) is 2.64. The maximum Gasteiger partial charge on any atom is 0.237 e. The van der Waals surface area contributed by atoms with Gasteiger partial charge in [0.2, 0.25) is 5.91 Å². The van der Waals surface area contributed by atoms with E-state index in [-0.39, 0.29) is 5.91 Å². The summed E-state index contributed by atoms with van der Waals surface area (Å²) in [5.74, 6) is -0.194. The summed E-state index contributed by atoms with van der Waals surface area (Å²) in [6.45, 7) is 0.712. The number of carbonyl (C=O) groups is 1. The predicted octanol–water partition coefficient (Wildman–Crippen LogP) is 2.35. The monoisotopic (exact) mass is 246 g/mol. The first kappa shape index (κ1) is 13.1. The molecule has 98 valence electrons. The van der Waals surface area contributed by atoms with E-state index in [9.17, 15) is 4.79 Å². The number of carbonyl (C=O) groups excluding carboxylic acids is 1. The van der Waals surface area contributed by atoms with Gasteiger partial charge >= 0.3 is 0 Å². The van der Waals surface area contributed by atoms with Crippen molar-refractivity contribution < 1.29 is 4.79 Å². The van der Waals surface area contributed by atoms with E-state index in [0.29, 0.717) is 6.54 Å². The summed E-state index contributed by atoms with van der Waals surface area (Å²) >= 11 is 0. The van der Waals surface area contributed by atoms with Crippen molar-refractivity contribution in [1.82, 2.24) is 5.32 Å². The van der Waals surface area contributed by atoms with Gasteiger partial charge in [-0.25, -0.2) is 0 Å². The van der Waals surface area contributed by atoms with Crippen LogP contribution in [0.25, 0.3) is 0 Å². The summed E-state index contributed by atoms with van der Waals surface area (Å²) in [6.07, 6.45) is 6.34. The normalized spacial score (nSPS) is 19.1. The molecule has 1 aromatic carbocycles. The van der Waals surface area contributed by atoms with Crippen LogP contribution in [0.5, 0.6) is 0 Å². The smallest absolute Gasteiger partial charge is 0.237 e. The molecule has 1 amide bonds. The highest BCUT2D eigenvalue weighted by molar-refractivity contribution is 5.84. The summed E-state index contributed by atoms with van der Waals surface area (Å²) in [7, 11) is 0. The maximum atomic E-state index is 11.8. The number of amides is 1. The second-order valence-corrected chi connectivity index (χ2v) is 5.20. The van der Waals surface area contributed by atoms with Crippen LogP contribution in [0.1, 0.15) is 44.1 Å². The van der Waals surface area contributed by atoms with Gasteiger partial charge in [-0.1, -0.05) is 56.0 Å². The summed E-state index contributed by atoms with van der Waals surface area (Å²) in [4.78, 5) is 11.8. The Morgan fingerprint density at radius 1 is 1.11 bits per heavy atom. The third-order valence-corrected chi connectivity index (χ3v) is 3.90. The number of nitrogens with two attached hydrogens (primary N) is 1. The molecule has 1 fully saturated rings. The number of primary amides is 1. The van der Waals surface area contributed by atoms with E-state index in [4.69, 9.17) is 5.73 Å². The van der Waals surface area contributed by atoms with Crippen molar-refractivity contribution in [3.05, 3.63) is 35.9 Å². The standard InChI is InChI=1S/C15H22N2O/c16-14(18)15(10-6-1-2-7-11-15)17-12-13-8-4-3-5-9-13/h3-5,8-9,17H,1-2,6-7,10-12H2,(H2,16,18). The van der Waals surface area contributed by atoms with Crippen LogP contribution < -0.4 is 11.1 Å². The molecule has 1 aromatic rings. The number of hydrogen-bond donors (Lipinski definition) is 2. The Bertz CT molecular complexity index is 381. The number of nitrogens with one attached hydrogen (secondary N) is 1. The first-order valence-corrected chi connectivity index (χ1v) is 6.82. The first-order chi connectivity index (χ1) is 8.73. The molecule has 3 heteroatoms. The molecule has 0 aromatic heterocycles. The van der Waals surface area contributed by atoms with Crippen molar-refractivity contribution in [2.45, 2.75) is 50.6 Å². The quantitative estimate of drug-likeness (QED) is 0.801. The van der Waals surface area contributed by atoms with Crippen molar-refractivity contribution >= 4 is 5.91 Å². The predicted molar refractivity (Wildman–Crippen MR) is 72.9 cm³/mol. The summed E-state index contributed by atoms with van der Waals surface area (Å²) in [5.41, 5.74) is 6.34. The van der Waals surface area contributed by atoms with Gasteiger partial charge in [-0.15, -0.1) is 0 Å². The van der Waals surface area contributed by atoms with Gasteiger partial charge in [0.05, 0.1) is 5.54 Å². The molecule has 0 radical (unpaired) electrons.